The molecule has 0 atom stereocenters. The first kappa shape index (κ1) is 19.0. The highest BCUT2D eigenvalue weighted by Crippen LogP contribution is 2.24. The average molecular weight is 340 g/mol. The molecule has 0 heterocycles. The van der Waals surface area contributed by atoms with Crippen LogP contribution in [-0.4, -0.2) is 31.5 Å². The number of nitrogens with one attached hydrogen (secondary N) is 1. The Morgan fingerprint density at radius 1 is 1.04 bits per heavy atom. The van der Waals surface area contributed by atoms with E-state index in [1.165, 1.54) is 11.1 Å². The average Bonchev–Trinajstić information content (AvgIpc) is 2.54. The minimum absolute atomic E-state index is 0.0324. The second-order valence-electron chi connectivity index (χ2n) is 6.70. The van der Waals surface area contributed by atoms with E-state index < -0.39 is 0 Å². The van der Waals surface area contributed by atoms with Gasteiger partial charge >= 0.3 is 0 Å². The summed E-state index contributed by atoms with van der Waals surface area (Å²) in [6.07, 6.45) is 0. The first-order chi connectivity index (χ1) is 11.9. The summed E-state index contributed by atoms with van der Waals surface area (Å²) in [5.41, 5.74) is 5.76. The largest absolute Gasteiger partial charge is 0.496 e. The molecule has 134 valence electrons. The van der Waals surface area contributed by atoms with Gasteiger partial charge in [-0.2, -0.15) is 0 Å². The molecule has 1 amide bonds. The fraction of sp³-hybridized carbons (Fsp3) is 0.381. The lowest BCUT2D eigenvalue weighted by Gasteiger charge is -2.18. The molecule has 2 rings (SSSR count). The Bertz CT molecular complexity index is 700. The van der Waals surface area contributed by atoms with Gasteiger partial charge < -0.3 is 10.1 Å². The Balaban J connectivity index is 1.86. The molecule has 0 aromatic heterocycles. The summed E-state index contributed by atoms with van der Waals surface area (Å²) in [6, 6.07) is 12.4. The molecular formula is C21H28N2O2. The standard InChI is InChI=1S/C21H28N2O2/c1-15-6-8-18(9-7-15)12-22-20(24)14-23(4)13-19-10-16(2)21(25-5)17(3)11-19/h6-11H,12-14H2,1-5H3,(H,22,24). The molecule has 4 nitrogen and oxygen atoms in total. The highest BCUT2D eigenvalue weighted by molar-refractivity contribution is 5.77. The fourth-order valence-corrected chi connectivity index (χ4v) is 3.03. The molecule has 0 saturated heterocycles. The van der Waals surface area contributed by atoms with Gasteiger partial charge in [0.1, 0.15) is 5.75 Å². The number of nitrogens with zero attached hydrogens (tertiary/aromatic N) is 1. The van der Waals surface area contributed by atoms with E-state index in [0.29, 0.717) is 13.1 Å². The van der Waals surface area contributed by atoms with Crippen LogP contribution in [0.15, 0.2) is 36.4 Å². The molecule has 4 heteroatoms. The Labute approximate surface area is 150 Å². The summed E-state index contributed by atoms with van der Waals surface area (Å²) >= 11 is 0. The van der Waals surface area contributed by atoms with Crippen molar-refractivity contribution in [2.24, 2.45) is 0 Å². The zero-order chi connectivity index (χ0) is 18.4. The number of rotatable bonds is 7. The number of likely N-dealkylation sites (N-methyl/N-ethyl adjacent to an activating group) is 1. The number of hydrogen-bond donors (Lipinski definition) is 1. The molecule has 0 aliphatic heterocycles. The second-order valence-corrected chi connectivity index (χ2v) is 6.70. The van der Waals surface area contributed by atoms with Gasteiger partial charge in [-0.3, -0.25) is 9.69 Å². The maximum Gasteiger partial charge on any atom is 0.234 e. The van der Waals surface area contributed by atoms with Gasteiger partial charge in [0.05, 0.1) is 13.7 Å². The van der Waals surface area contributed by atoms with Crippen molar-refractivity contribution in [3.05, 3.63) is 64.2 Å². The normalized spacial score (nSPS) is 10.8. The lowest BCUT2D eigenvalue weighted by molar-refractivity contribution is -0.122. The van der Waals surface area contributed by atoms with Crippen molar-refractivity contribution in [1.29, 1.82) is 0 Å². The zero-order valence-electron chi connectivity index (χ0n) is 15.8. The number of amides is 1. The quantitative estimate of drug-likeness (QED) is 0.840. The first-order valence-electron chi connectivity index (χ1n) is 8.54. The third kappa shape index (κ3) is 5.61. The van der Waals surface area contributed by atoms with Crippen LogP contribution in [0.5, 0.6) is 5.75 Å². The molecule has 0 aliphatic carbocycles. The van der Waals surface area contributed by atoms with Crippen LogP contribution in [0, 0.1) is 20.8 Å². The number of methoxy groups -OCH3 is 1. The molecule has 0 unspecified atom stereocenters. The maximum atomic E-state index is 12.1. The summed E-state index contributed by atoms with van der Waals surface area (Å²) in [5.74, 6) is 0.965. The number of aryl methyl sites for hydroxylation is 3. The van der Waals surface area contributed by atoms with Gasteiger partial charge in [0, 0.05) is 13.1 Å². The van der Waals surface area contributed by atoms with Crippen LogP contribution >= 0.6 is 0 Å². The monoisotopic (exact) mass is 340 g/mol. The smallest absolute Gasteiger partial charge is 0.234 e. The number of ether oxygens (including phenoxy) is 1. The Hall–Kier alpha value is -2.33. The van der Waals surface area contributed by atoms with E-state index in [1.807, 2.05) is 37.9 Å². The van der Waals surface area contributed by atoms with Gasteiger partial charge in [-0.05, 0) is 50.1 Å². The summed E-state index contributed by atoms with van der Waals surface area (Å²) in [7, 11) is 3.65. The Morgan fingerprint density at radius 2 is 1.64 bits per heavy atom. The van der Waals surface area contributed by atoms with Crippen molar-refractivity contribution in [1.82, 2.24) is 10.2 Å². The molecular weight excluding hydrogens is 312 g/mol. The molecule has 2 aromatic carbocycles. The minimum atomic E-state index is 0.0324. The van der Waals surface area contributed by atoms with Crippen molar-refractivity contribution in [2.45, 2.75) is 33.9 Å². The molecule has 0 saturated carbocycles. The topological polar surface area (TPSA) is 41.6 Å². The molecule has 0 spiro atoms. The number of carbonyl (C=O) groups is 1. The van der Waals surface area contributed by atoms with Gasteiger partial charge in [0.15, 0.2) is 0 Å². The van der Waals surface area contributed by atoms with E-state index in [-0.39, 0.29) is 5.91 Å². The van der Waals surface area contributed by atoms with Crippen molar-refractivity contribution < 1.29 is 9.53 Å². The number of carbonyl (C=O) groups excluding carboxylic acids is 1. The third-order valence-corrected chi connectivity index (χ3v) is 4.20. The lowest BCUT2D eigenvalue weighted by atomic mass is 10.1. The van der Waals surface area contributed by atoms with E-state index in [4.69, 9.17) is 4.74 Å². The summed E-state index contributed by atoms with van der Waals surface area (Å²) in [6.45, 7) is 7.81. The SMILES string of the molecule is COc1c(C)cc(CN(C)CC(=O)NCc2ccc(C)cc2)cc1C. The highest BCUT2D eigenvalue weighted by Gasteiger charge is 2.10. The predicted octanol–water partition coefficient (Wildman–Crippen LogP) is 3.37. The van der Waals surface area contributed by atoms with Gasteiger partial charge in [0.2, 0.25) is 5.91 Å². The summed E-state index contributed by atoms with van der Waals surface area (Å²) < 4.78 is 5.40. The van der Waals surface area contributed by atoms with Crippen molar-refractivity contribution >= 4 is 5.91 Å². The third-order valence-electron chi connectivity index (χ3n) is 4.20. The summed E-state index contributed by atoms with van der Waals surface area (Å²) in [4.78, 5) is 14.2. The lowest BCUT2D eigenvalue weighted by Crippen LogP contribution is -2.34. The number of benzene rings is 2. The van der Waals surface area contributed by atoms with Crippen molar-refractivity contribution in [3.63, 3.8) is 0 Å². The first-order valence-corrected chi connectivity index (χ1v) is 8.54. The van der Waals surface area contributed by atoms with Crippen LogP contribution < -0.4 is 10.1 Å². The van der Waals surface area contributed by atoms with Crippen molar-refractivity contribution in [2.75, 3.05) is 20.7 Å². The zero-order valence-corrected chi connectivity index (χ0v) is 15.8. The van der Waals surface area contributed by atoms with E-state index >= 15 is 0 Å². The van der Waals surface area contributed by atoms with Crippen LogP contribution in [0.1, 0.15) is 27.8 Å². The van der Waals surface area contributed by atoms with Crippen LogP contribution in [-0.2, 0) is 17.9 Å². The van der Waals surface area contributed by atoms with E-state index in [9.17, 15) is 4.79 Å². The van der Waals surface area contributed by atoms with Crippen LogP contribution in [0.3, 0.4) is 0 Å². The van der Waals surface area contributed by atoms with E-state index in [1.54, 1.807) is 7.11 Å². The van der Waals surface area contributed by atoms with Crippen LogP contribution in [0.4, 0.5) is 0 Å². The molecule has 2 aromatic rings. The van der Waals surface area contributed by atoms with Gasteiger partial charge in [-0.1, -0.05) is 42.0 Å². The maximum absolute atomic E-state index is 12.1. The molecule has 0 fully saturated rings. The van der Waals surface area contributed by atoms with Crippen LogP contribution in [0.25, 0.3) is 0 Å². The Kier molecular flexibility index (Phi) is 6.59. The molecule has 1 N–H and O–H groups in total. The fourth-order valence-electron chi connectivity index (χ4n) is 3.03. The molecule has 0 aliphatic rings. The predicted molar refractivity (Wildman–Crippen MR) is 102 cm³/mol. The van der Waals surface area contributed by atoms with Crippen LogP contribution in [0.2, 0.25) is 0 Å². The summed E-state index contributed by atoms with van der Waals surface area (Å²) in [5, 5.41) is 2.98. The van der Waals surface area contributed by atoms with E-state index in [0.717, 1.165) is 29.0 Å². The van der Waals surface area contributed by atoms with Crippen molar-refractivity contribution in [3.8, 4) is 5.75 Å². The second kappa shape index (κ2) is 8.67. The number of hydrogen-bond acceptors (Lipinski definition) is 3. The Morgan fingerprint density at radius 3 is 2.20 bits per heavy atom. The highest BCUT2D eigenvalue weighted by atomic mass is 16.5. The van der Waals surface area contributed by atoms with E-state index in [2.05, 4.69) is 36.5 Å². The van der Waals surface area contributed by atoms with Gasteiger partial charge in [-0.25, -0.2) is 0 Å². The molecule has 25 heavy (non-hydrogen) atoms. The van der Waals surface area contributed by atoms with Gasteiger partial charge in [0.25, 0.3) is 0 Å². The van der Waals surface area contributed by atoms with Gasteiger partial charge in [-0.15, -0.1) is 0 Å². The molecule has 0 bridgehead atoms. The molecule has 0 radical (unpaired) electrons. The minimum Gasteiger partial charge on any atom is -0.496 e.